The smallest absolute Gasteiger partial charge is 0.305 e. The molecule has 0 unspecified atom stereocenters. The molecule has 0 saturated carbocycles. The lowest BCUT2D eigenvalue weighted by molar-refractivity contribution is -0.151. The second kappa shape index (κ2) is 41.5. The number of nitrogens with one attached hydrogen (secondary N) is 1. The summed E-state index contributed by atoms with van der Waals surface area (Å²) in [6.45, 7) is 12.3. The van der Waals surface area contributed by atoms with Crippen LogP contribution in [0.15, 0.2) is 9.59 Å². The van der Waals surface area contributed by atoms with Gasteiger partial charge in [0, 0.05) is 64.7 Å². The lowest BCUT2D eigenvalue weighted by Crippen LogP contribution is -2.41. The Hall–Kier alpha value is -3.48. The van der Waals surface area contributed by atoms with Crippen molar-refractivity contribution >= 4 is 35.3 Å². The van der Waals surface area contributed by atoms with Gasteiger partial charge in [0.05, 0.1) is 26.4 Å². The van der Waals surface area contributed by atoms with E-state index in [1.54, 1.807) is 19.0 Å². The first-order valence-electron chi connectivity index (χ1n) is 27.1. The predicted molar refractivity (Wildman–Crippen MR) is 273 cm³/mol. The molecule has 1 N–H and O–H groups in total. The van der Waals surface area contributed by atoms with Crippen molar-refractivity contribution in [2.75, 3.05) is 76.9 Å². The molecule has 13 nitrogen and oxygen atoms in total. The van der Waals surface area contributed by atoms with E-state index in [-0.39, 0.29) is 62.1 Å². The average molecular weight is 948 g/mol. The van der Waals surface area contributed by atoms with Gasteiger partial charge in [0.25, 0.3) is 10.9 Å². The summed E-state index contributed by atoms with van der Waals surface area (Å²) in [5, 5.41) is 3.22. The number of unbranched alkanes of at least 4 members (excludes halogenated alkanes) is 18. The fraction of sp³-hybridized carbons (Fsp3) is 0.852. The van der Waals surface area contributed by atoms with Crippen molar-refractivity contribution in [3.8, 4) is 0 Å². The molecule has 13 heteroatoms. The van der Waals surface area contributed by atoms with Gasteiger partial charge in [-0.2, -0.15) is 0 Å². The SMILES string of the molecule is CCCCCCCC(=O)OCC(CCCCN(CCCCC(COC(=O)CCCCCCC)COC(=O)CCCCCCC)CCNc1c(N(C)C)c(=O)c1=O)COC(=O)CCCCCCC. The fourth-order valence-electron chi connectivity index (χ4n) is 8.23. The summed E-state index contributed by atoms with van der Waals surface area (Å²) in [7, 11) is 3.51. The quantitative estimate of drug-likeness (QED) is 0.0285. The molecule has 67 heavy (non-hydrogen) atoms. The third-order valence-electron chi connectivity index (χ3n) is 12.6. The van der Waals surface area contributed by atoms with Crippen LogP contribution in [0, 0.1) is 11.8 Å². The Balaban J connectivity index is 2.92. The van der Waals surface area contributed by atoms with Gasteiger partial charge >= 0.3 is 23.9 Å². The molecular weight excluding hydrogens is 851 g/mol. The van der Waals surface area contributed by atoms with E-state index in [9.17, 15) is 28.8 Å². The van der Waals surface area contributed by atoms with Crippen LogP contribution < -0.4 is 21.1 Å². The lowest BCUT2D eigenvalue weighted by atomic mass is 10.0. The number of hydrogen-bond donors (Lipinski definition) is 1. The Morgan fingerprint density at radius 3 is 1.07 bits per heavy atom. The molecule has 0 bridgehead atoms. The monoisotopic (exact) mass is 948 g/mol. The number of anilines is 2. The molecule has 1 rings (SSSR count). The van der Waals surface area contributed by atoms with Gasteiger partial charge < -0.3 is 34.1 Å². The fourth-order valence-corrected chi connectivity index (χ4v) is 8.23. The van der Waals surface area contributed by atoms with Gasteiger partial charge in [-0.15, -0.1) is 0 Å². The molecule has 0 aliphatic heterocycles. The zero-order valence-electron chi connectivity index (χ0n) is 43.5. The van der Waals surface area contributed by atoms with E-state index < -0.39 is 10.9 Å². The molecule has 0 fully saturated rings. The van der Waals surface area contributed by atoms with Crippen LogP contribution in [0.2, 0.25) is 0 Å². The van der Waals surface area contributed by atoms with Gasteiger partial charge in [-0.25, -0.2) is 0 Å². The minimum atomic E-state index is -0.490. The van der Waals surface area contributed by atoms with Crippen LogP contribution in [-0.4, -0.2) is 95.5 Å². The van der Waals surface area contributed by atoms with Crippen molar-refractivity contribution in [2.45, 2.75) is 220 Å². The molecule has 0 aromatic heterocycles. The maximum Gasteiger partial charge on any atom is 0.305 e. The van der Waals surface area contributed by atoms with Gasteiger partial charge in [-0.05, 0) is 64.5 Å². The van der Waals surface area contributed by atoms with E-state index >= 15 is 0 Å². The lowest BCUT2D eigenvalue weighted by Gasteiger charge is -2.25. The third-order valence-corrected chi connectivity index (χ3v) is 12.6. The first-order chi connectivity index (χ1) is 32.5. The van der Waals surface area contributed by atoms with E-state index in [0.717, 1.165) is 154 Å². The molecule has 388 valence electrons. The number of ether oxygens (including phenoxy) is 4. The average Bonchev–Trinajstić information content (AvgIpc) is 3.31. The summed E-state index contributed by atoms with van der Waals surface area (Å²) in [6.07, 6.45) is 27.6. The van der Waals surface area contributed by atoms with Crippen molar-refractivity contribution < 1.29 is 38.1 Å². The Morgan fingerprint density at radius 1 is 0.433 bits per heavy atom. The van der Waals surface area contributed by atoms with Crippen LogP contribution in [0.4, 0.5) is 11.4 Å². The molecule has 0 heterocycles. The van der Waals surface area contributed by atoms with E-state index in [2.05, 4.69) is 37.9 Å². The van der Waals surface area contributed by atoms with Crippen molar-refractivity contribution in [3.05, 3.63) is 20.4 Å². The highest BCUT2D eigenvalue weighted by atomic mass is 16.6. The van der Waals surface area contributed by atoms with Crippen LogP contribution in [-0.2, 0) is 38.1 Å². The molecule has 0 saturated heterocycles. The highest BCUT2D eigenvalue weighted by Crippen LogP contribution is 2.19. The van der Waals surface area contributed by atoms with Gasteiger partial charge in [0.1, 0.15) is 11.4 Å². The summed E-state index contributed by atoms with van der Waals surface area (Å²) >= 11 is 0. The highest BCUT2D eigenvalue weighted by Gasteiger charge is 2.23. The normalized spacial score (nSPS) is 11.5. The summed E-state index contributed by atoms with van der Waals surface area (Å²) < 4.78 is 22.9. The van der Waals surface area contributed by atoms with Gasteiger partial charge in [-0.1, -0.05) is 143 Å². The second-order valence-electron chi connectivity index (χ2n) is 19.2. The first-order valence-corrected chi connectivity index (χ1v) is 27.1. The Labute approximate surface area is 406 Å². The highest BCUT2D eigenvalue weighted by molar-refractivity contribution is 5.74. The molecule has 0 aliphatic rings. The van der Waals surface area contributed by atoms with Crippen molar-refractivity contribution in [2.24, 2.45) is 11.8 Å². The summed E-state index contributed by atoms with van der Waals surface area (Å²) in [5.41, 5.74) is -0.203. The zero-order chi connectivity index (χ0) is 49.3. The van der Waals surface area contributed by atoms with Crippen LogP contribution in [0.3, 0.4) is 0 Å². The van der Waals surface area contributed by atoms with E-state index in [1.807, 2.05) is 0 Å². The minimum absolute atomic E-state index is 0.0935. The van der Waals surface area contributed by atoms with Crippen LogP contribution in [0.1, 0.15) is 220 Å². The molecule has 1 aromatic rings. The maximum absolute atomic E-state index is 12.6. The molecule has 0 radical (unpaired) electrons. The first kappa shape index (κ1) is 61.5. The zero-order valence-corrected chi connectivity index (χ0v) is 43.5. The topological polar surface area (TPSA) is 158 Å². The number of nitrogens with zero attached hydrogens (tertiary/aromatic N) is 2. The Morgan fingerprint density at radius 2 is 0.761 bits per heavy atom. The molecule has 0 spiro atoms. The Kier molecular flexibility index (Phi) is 38.1. The van der Waals surface area contributed by atoms with Crippen molar-refractivity contribution in [1.29, 1.82) is 0 Å². The van der Waals surface area contributed by atoms with Crippen LogP contribution in [0.25, 0.3) is 0 Å². The number of rotatable bonds is 47. The summed E-state index contributed by atoms with van der Waals surface area (Å²) in [4.78, 5) is 79.2. The molecular formula is C54H97N3O10. The van der Waals surface area contributed by atoms with Gasteiger partial charge in [-0.3, -0.25) is 28.8 Å². The summed E-state index contributed by atoms with van der Waals surface area (Å²) in [5.74, 6) is -0.980. The Bertz CT molecular complexity index is 1360. The molecule has 0 aliphatic carbocycles. The molecule has 1 aromatic carbocycles. The van der Waals surface area contributed by atoms with E-state index in [1.165, 1.54) is 25.7 Å². The van der Waals surface area contributed by atoms with E-state index in [4.69, 9.17) is 18.9 Å². The number of carbonyl (C=O) groups is 4. The standard InChI is InChI=1S/C54H97N3O10/c1-7-11-15-19-23-33-47(58)64-41-45(42-65-48(59)34-24-20-16-12-8-2)31-27-29-38-57(40-37-55-51-52(56(5)6)54(63)53(51)62)39-30-28-32-46(43-66-49(60)35-25-21-17-13-9-3)44-67-50(61)36-26-22-18-14-10-4/h45-46,55H,7-44H2,1-6H3. The maximum atomic E-state index is 12.6. The molecule has 0 amide bonds. The molecule has 0 atom stereocenters. The number of hydrogen-bond acceptors (Lipinski definition) is 13. The van der Waals surface area contributed by atoms with Crippen molar-refractivity contribution in [3.63, 3.8) is 0 Å². The minimum Gasteiger partial charge on any atom is -0.465 e. The van der Waals surface area contributed by atoms with Gasteiger partial charge in [0.2, 0.25) is 0 Å². The largest absolute Gasteiger partial charge is 0.465 e. The third kappa shape index (κ3) is 32.1. The summed E-state index contributed by atoms with van der Waals surface area (Å²) in [6, 6.07) is 0. The van der Waals surface area contributed by atoms with Crippen LogP contribution >= 0.6 is 0 Å². The van der Waals surface area contributed by atoms with Gasteiger partial charge in [0.15, 0.2) is 0 Å². The number of esters is 4. The van der Waals surface area contributed by atoms with Crippen molar-refractivity contribution in [1.82, 2.24) is 4.90 Å². The van der Waals surface area contributed by atoms with Crippen LogP contribution in [0.5, 0.6) is 0 Å². The van der Waals surface area contributed by atoms with E-state index in [0.29, 0.717) is 50.1 Å². The second-order valence-corrected chi connectivity index (χ2v) is 19.2. The number of carbonyl (C=O) groups excluding carboxylic acids is 4. The predicted octanol–water partition coefficient (Wildman–Crippen LogP) is 11.3.